The van der Waals surface area contributed by atoms with Gasteiger partial charge in [-0.05, 0) is 73.5 Å². The number of carbonyl (C=O) groups is 1. The highest BCUT2D eigenvalue weighted by Crippen LogP contribution is 2.73. The Morgan fingerprint density at radius 3 is 2.62 bits per heavy atom. The number of rotatable bonds is 5. The monoisotopic (exact) mass is 358 g/mol. The average molecular weight is 359 g/mol. The number of fused-ring (bicyclic) bond motifs is 3. The summed E-state index contributed by atoms with van der Waals surface area (Å²) in [6.45, 7) is 9.21. The maximum atomic E-state index is 10.8. The summed E-state index contributed by atoms with van der Waals surface area (Å²) in [5.41, 5.74) is 1.75. The van der Waals surface area contributed by atoms with Crippen LogP contribution in [0.1, 0.15) is 53.4 Å². The van der Waals surface area contributed by atoms with Crippen molar-refractivity contribution >= 4 is 5.97 Å². The molecule has 0 radical (unpaired) electrons. The largest absolute Gasteiger partial charge is 0.478 e. The number of aliphatic carboxylic acids is 1. The minimum absolute atomic E-state index is 0.176. The molecule has 0 aliphatic heterocycles. The summed E-state index contributed by atoms with van der Waals surface area (Å²) in [4.78, 5) is 10.8. The van der Waals surface area contributed by atoms with Gasteiger partial charge < -0.3 is 10.2 Å². The predicted molar refractivity (Wildman–Crippen MR) is 105 cm³/mol. The lowest BCUT2D eigenvalue weighted by Gasteiger charge is -2.52. The molecule has 8 atom stereocenters. The van der Waals surface area contributed by atoms with Crippen LogP contribution in [-0.2, 0) is 4.79 Å². The van der Waals surface area contributed by atoms with E-state index in [9.17, 15) is 9.90 Å². The van der Waals surface area contributed by atoms with E-state index < -0.39 is 5.97 Å². The third kappa shape index (κ3) is 3.31. The molecule has 3 saturated carbocycles. The van der Waals surface area contributed by atoms with E-state index in [1.54, 1.807) is 6.08 Å². The fraction of sp³-hybridized carbons (Fsp3) is 0.696. The fourth-order valence-electron chi connectivity index (χ4n) is 6.48. The molecule has 0 saturated heterocycles. The van der Waals surface area contributed by atoms with Gasteiger partial charge in [-0.25, -0.2) is 4.79 Å². The van der Waals surface area contributed by atoms with Crippen LogP contribution in [0, 0.1) is 40.9 Å². The van der Waals surface area contributed by atoms with Gasteiger partial charge in [0.15, 0.2) is 0 Å². The van der Waals surface area contributed by atoms with E-state index in [1.165, 1.54) is 18.1 Å². The number of carboxylic acid groups (broad SMARTS) is 1. The molecule has 0 bridgehead atoms. The highest BCUT2D eigenvalue weighted by atomic mass is 16.4. The van der Waals surface area contributed by atoms with E-state index >= 15 is 0 Å². The van der Waals surface area contributed by atoms with Crippen LogP contribution in [-0.4, -0.2) is 22.3 Å². The summed E-state index contributed by atoms with van der Waals surface area (Å²) < 4.78 is 0. The van der Waals surface area contributed by atoms with Crippen molar-refractivity contribution in [3.05, 3.63) is 36.0 Å². The Labute approximate surface area is 157 Å². The Hall–Kier alpha value is -1.35. The zero-order chi connectivity index (χ0) is 19.1. The lowest BCUT2D eigenvalue weighted by molar-refractivity contribution is -0.131. The summed E-state index contributed by atoms with van der Waals surface area (Å²) in [5.74, 6) is 2.07. The Morgan fingerprint density at radius 2 is 1.96 bits per heavy atom. The first-order chi connectivity index (χ1) is 12.3. The van der Waals surface area contributed by atoms with Gasteiger partial charge in [0.2, 0.25) is 0 Å². The first-order valence-corrected chi connectivity index (χ1v) is 10.2. The highest BCUT2D eigenvalue weighted by Gasteiger charge is 2.68. The van der Waals surface area contributed by atoms with E-state index in [0.717, 1.165) is 19.3 Å². The van der Waals surface area contributed by atoms with Gasteiger partial charge in [-0.2, -0.15) is 0 Å². The van der Waals surface area contributed by atoms with Crippen LogP contribution >= 0.6 is 0 Å². The number of hydrogen-bond donors (Lipinski definition) is 2. The van der Waals surface area contributed by atoms with Gasteiger partial charge in [-0.1, -0.05) is 50.6 Å². The summed E-state index contributed by atoms with van der Waals surface area (Å²) in [7, 11) is 0. The molecule has 3 fully saturated rings. The fourth-order valence-corrected chi connectivity index (χ4v) is 6.48. The second kappa shape index (κ2) is 7.34. The normalized spacial score (nSPS) is 45.6. The molecule has 3 aliphatic rings. The maximum absolute atomic E-state index is 10.8. The van der Waals surface area contributed by atoms with Crippen LogP contribution in [0.15, 0.2) is 36.0 Å². The van der Waals surface area contributed by atoms with Gasteiger partial charge in [-0.3, -0.25) is 0 Å². The van der Waals surface area contributed by atoms with Gasteiger partial charge >= 0.3 is 5.97 Å². The van der Waals surface area contributed by atoms with Gasteiger partial charge in [0.25, 0.3) is 0 Å². The quantitative estimate of drug-likeness (QED) is 0.420. The molecular formula is C23H34O3. The molecule has 3 heteroatoms. The SMILES string of the molecule is CC/C=C(\C)[C@H]1[C@@H](/C=C/C=C/C(=O)O)[C@H]2[C@@H]([C@H]3C[C@]31C)[C@@H](O)CC[C@@H]2C. The first-order valence-electron chi connectivity index (χ1n) is 10.2. The van der Waals surface area contributed by atoms with Crippen LogP contribution < -0.4 is 0 Å². The Bertz CT molecular complexity index is 631. The lowest BCUT2D eigenvalue weighted by Crippen LogP contribution is -2.49. The molecule has 3 nitrogen and oxygen atoms in total. The van der Waals surface area contributed by atoms with Crippen molar-refractivity contribution in [1.29, 1.82) is 0 Å². The van der Waals surface area contributed by atoms with Crippen molar-refractivity contribution in [3.63, 3.8) is 0 Å². The second-order valence-electron chi connectivity index (χ2n) is 9.09. The van der Waals surface area contributed by atoms with Crippen molar-refractivity contribution < 1.29 is 15.0 Å². The van der Waals surface area contributed by atoms with Crippen molar-refractivity contribution in [3.8, 4) is 0 Å². The van der Waals surface area contributed by atoms with E-state index in [4.69, 9.17) is 5.11 Å². The van der Waals surface area contributed by atoms with E-state index in [2.05, 4.69) is 39.8 Å². The van der Waals surface area contributed by atoms with Crippen LogP contribution in [0.2, 0.25) is 0 Å². The predicted octanol–water partition coefficient (Wildman–Crippen LogP) is 4.84. The molecule has 0 aromatic carbocycles. The average Bonchev–Trinajstić information content (AvgIpc) is 3.25. The molecule has 26 heavy (non-hydrogen) atoms. The third-order valence-corrected chi connectivity index (χ3v) is 7.51. The lowest BCUT2D eigenvalue weighted by atomic mass is 9.53. The van der Waals surface area contributed by atoms with Crippen LogP contribution in [0.5, 0.6) is 0 Å². The van der Waals surface area contributed by atoms with E-state index in [1.807, 2.05) is 6.08 Å². The van der Waals surface area contributed by atoms with Crippen LogP contribution in [0.3, 0.4) is 0 Å². The topological polar surface area (TPSA) is 57.5 Å². The number of carboxylic acids is 1. The summed E-state index contributed by atoms with van der Waals surface area (Å²) in [6, 6.07) is 0. The Kier molecular flexibility index (Phi) is 5.48. The minimum Gasteiger partial charge on any atom is -0.478 e. The molecule has 144 valence electrons. The van der Waals surface area contributed by atoms with Crippen molar-refractivity contribution in [2.24, 2.45) is 40.9 Å². The van der Waals surface area contributed by atoms with Crippen LogP contribution in [0.25, 0.3) is 0 Å². The van der Waals surface area contributed by atoms with Crippen molar-refractivity contribution in [1.82, 2.24) is 0 Å². The summed E-state index contributed by atoms with van der Waals surface area (Å²) >= 11 is 0. The third-order valence-electron chi connectivity index (χ3n) is 7.51. The van der Waals surface area contributed by atoms with Gasteiger partial charge in [0.1, 0.15) is 0 Å². The standard InChI is InChI=1S/C23H34O3/c1-5-8-15(3)22-16(9-6-7-10-19(25)26)20-14(2)11-12-18(24)21(20)17-13-23(17,22)4/h6-10,14,16-18,20-22,24H,5,11-13H2,1-4H3,(H,25,26)/b9-6+,10-7+,15-8+/t14-,16-,17+,18-,20-,21-,22-,23+/m0/s1. The molecule has 0 spiro atoms. The van der Waals surface area contributed by atoms with E-state index in [-0.39, 0.29) is 11.5 Å². The smallest absolute Gasteiger partial charge is 0.328 e. The van der Waals surface area contributed by atoms with Gasteiger partial charge in [0.05, 0.1) is 6.10 Å². The highest BCUT2D eigenvalue weighted by molar-refractivity contribution is 5.80. The molecule has 0 aromatic heterocycles. The Morgan fingerprint density at radius 1 is 1.23 bits per heavy atom. The number of hydrogen-bond acceptors (Lipinski definition) is 2. The number of aliphatic hydroxyl groups excluding tert-OH is 1. The zero-order valence-electron chi connectivity index (χ0n) is 16.6. The summed E-state index contributed by atoms with van der Waals surface area (Å²) in [6.07, 6.45) is 13.5. The summed E-state index contributed by atoms with van der Waals surface area (Å²) in [5, 5.41) is 19.6. The molecule has 3 rings (SSSR count). The zero-order valence-corrected chi connectivity index (χ0v) is 16.6. The van der Waals surface area contributed by atoms with Crippen molar-refractivity contribution in [2.75, 3.05) is 0 Å². The molecule has 3 aliphatic carbocycles. The van der Waals surface area contributed by atoms with Crippen LogP contribution in [0.4, 0.5) is 0 Å². The molecular weight excluding hydrogens is 324 g/mol. The van der Waals surface area contributed by atoms with Gasteiger partial charge in [-0.15, -0.1) is 0 Å². The molecule has 0 aromatic rings. The first kappa shape index (κ1) is 19.4. The second-order valence-corrected chi connectivity index (χ2v) is 9.09. The minimum atomic E-state index is -0.912. The van der Waals surface area contributed by atoms with E-state index in [0.29, 0.717) is 35.5 Å². The molecule has 0 amide bonds. The molecule has 2 N–H and O–H groups in total. The molecule has 0 unspecified atom stereocenters. The maximum Gasteiger partial charge on any atom is 0.328 e. The van der Waals surface area contributed by atoms with Crippen molar-refractivity contribution in [2.45, 2.75) is 59.5 Å². The Balaban J connectivity index is 1.99. The number of aliphatic hydroxyl groups is 1. The van der Waals surface area contributed by atoms with Gasteiger partial charge in [0, 0.05) is 6.08 Å². The number of allylic oxidation sites excluding steroid dienone is 5. The molecule has 0 heterocycles.